The monoisotopic (exact) mass is 334 g/mol. The van der Waals surface area contributed by atoms with E-state index < -0.39 is 11.5 Å². The van der Waals surface area contributed by atoms with Gasteiger partial charge in [0.25, 0.3) is 5.91 Å². The second kappa shape index (κ2) is 7.00. The number of amides is 2. The number of nitrogens with zero attached hydrogens (tertiary/aromatic N) is 1. The smallest absolute Gasteiger partial charge is 0.305 e. The van der Waals surface area contributed by atoms with E-state index in [0.717, 1.165) is 11.3 Å². The third-order valence-electron chi connectivity index (χ3n) is 4.10. The Balaban J connectivity index is 2.20. The van der Waals surface area contributed by atoms with Gasteiger partial charge in [-0.1, -0.05) is 0 Å². The standard InChI is InChI=1S/C17H22N2O5/c1-17(10-24-3,9-15(21)22)18-16(23)12-4-6-13-11(8-12)5-7-14(20)19(13)2/h4,6,8H,5,7,9-10H2,1-3H3,(H,18,23)(H,21,22). The van der Waals surface area contributed by atoms with Crippen molar-refractivity contribution in [1.29, 1.82) is 0 Å². The van der Waals surface area contributed by atoms with Gasteiger partial charge in [-0.05, 0) is 37.1 Å². The minimum atomic E-state index is -1.01. The number of aryl methyl sites for hydroxylation is 1. The summed E-state index contributed by atoms with van der Waals surface area (Å²) in [5.74, 6) is -1.33. The zero-order valence-corrected chi connectivity index (χ0v) is 14.1. The van der Waals surface area contributed by atoms with Crippen molar-refractivity contribution < 1.29 is 24.2 Å². The van der Waals surface area contributed by atoms with Crippen molar-refractivity contribution in [2.45, 2.75) is 31.7 Å². The molecular formula is C17H22N2O5. The Hall–Kier alpha value is -2.41. The number of nitrogens with one attached hydrogen (secondary N) is 1. The van der Waals surface area contributed by atoms with E-state index in [-0.39, 0.29) is 24.8 Å². The summed E-state index contributed by atoms with van der Waals surface area (Å²) in [6, 6.07) is 5.13. The molecule has 0 bridgehead atoms. The number of carboxylic acids is 1. The molecule has 0 radical (unpaired) electrons. The first-order valence-corrected chi connectivity index (χ1v) is 7.68. The minimum Gasteiger partial charge on any atom is -0.481 e. The lowest BCUT2D eigenvalue weighted by molar-refractivity contribution is -0.139. The third-order valence-corrected chi connectivity index (χ3v) is 4.10. The average molecular weight is 334 g/mol. The number of carbonyl (C=O) groups excluding carboxylic acids is 2. The van der Waals surface area contributed by atoms with Crippen LogP contribution >= 0.6 is 0 Å². The van der Waals surface area contributed by atoms with Crippen LogP contribution < -0.4 is 10.2 Å². The first-order valence-electron chi connectivity index (χ1n) is 7.68. The first-order chi connectivity index (χ1) is 11.3. The number of aliphatic carboxylic acids is 1. The lowest BCUT2D eigenvalue weighted by Crippen LogP contribution is -2.50. The summed E-state index contributed by atoms with van der Waals surface area (Å²) < 4.78 is 5.04. The van der Waals surface area contributed by atoms with E-state index >= 15 is 0 Å². The SMILES string of the molecule is COCC(C)(CC(=O)O)NC(=O)c1ccc2c(c1)CCC(=O)N2C. The molecule has 0 saturated carbocycles. The van der Waals surface area contributed by atoms with E-state index in [2.05, 4.69) is 5.32 Å². The summed E-state index contributed by atoms with van der Waals surface area (Å²) in [5.41, 5.74) is 1.16. The Morgan fingerprint density at radius 1 is 1.38 bits per heavy atom. The van der Waals surface area contributed by atoms with Crippen LogP contribution in [-0.4, -0.2) is 49.2 Å². The second-order valence-electron chi connectivity index (χ2n) is 6.31. The molecule has 7 heteroatoms. The molecule has 1 atom stereocenters. The Morgan fingerprint density at radius 3 is 2.71 bits per heavy atom. The predicted octanol–water partition coefficient (Wildman–Crippen LogP) is 1.21. The summed E-state index contributed by atoms with van der Waals surface area (Å²) >= 11 is 0. The fraction of sp³-hybridized carbons (Fsp3) is 0.471. The van der Waals surface area contributed by atoms with Crippen LogP contribution in [0.1, 0.15) is 35.7 Å². The number of hydrogen-bond acceptors (Lipinski definition) is 4. The summed E-state index contributed by atoms with van der Waals surface area (Å²) in [5, 5.41) is 11.8. The van der Waals surface area contributed by atoms with Crippen LogP contribution in [0.5, 0.6) is 0 Å². The van der Waals surface area contributed by atoms with Crippen molar-refractivity contribution in [3.8, 4) is 0 Å². The molecule has 0 spiro atoms. The van der Waals surface area contributed by atoms with Crippen LogP contribution in [0.15, 0.2) is 18.2 Å². The lowest BCUT2D eigenvalue weighted by Gasteiger charge is -2.29. The molecule has 1 aromatic carbocycles. The van der Waals surface area contributed by atoms with Crippen LogP contribution in [-0.2, 0) is 20.7 Å². The maximum atomic E-state index is 12.5. The van der Waals surface area contributed by atoms with Gasteiger partial charge < -0.3 is 20.1 Å². The first kappa shape index (κ1) is 17.9. The summed E-state index contributed by atoms with van der Waals surface area (Å²) in [4.78, 5) is 36.8. The van der Waals surface area contributed by atoms with Crippen molar-refractivity contribution in [2.24, 2.45) is 0 Å². The molecule has 0 saturated heterocycles. The molecule has 1 heterocycles. The van der Waals surface area contributed by atoms with E-state index in [1.807, 2.05) is 0 Å². The normalized spacial score (nSPS) is 16.3. The fourth-order valence-electron chi connectivity index (χ4n) is 2.93. The number of benzene rings is 1. The second-order valence-corrected chi connectivity index (χ2v) is 6.31. The highest BCUT2D eigenvalue weighted by molar-refractivity contribution is 5.99. The van der Waals surface area contributed by atoms with Crippen LogP contribution in [0.25, 0.3) is 0 Å². The van der Waals surface area contributed by atoms with Crippen molar-refractivity contribution in [1.82, 2.24) is 5.32 Å². The molecule has 2 rings (SSSR count). The number of ether oxygens (including phenoxy) is 1. The highest BCUT2D eigenvalue weighted by atomic mass is 16.5. The zero-order valence-electron chi connectivity index (χ0n) is 14.1. The summed E-state index contributed by atoms with van der Waals surface area (Å²) in [6.45, 7) is 1.72. The minimum absolute atomic E-state index is 0.0498. The highest BCUT2D eigenvalue weighted by Gasteiger charge is 2.30. The Kier molecular flexibility index (Phi) is 5.23. The van der Waals surface area contributed by atoms with Gasteiger partial charge in [-0.3, -0.25) is 14.4 Å². The topological polar surface area (TPSA) is 95.9 Å². The highest BCUT2D eigenvalue weighted by Crippen LogP contribution is 2.27. The van der Waals surface area contributed by atoms with Crippen LogP contribution in [0.2, 0.25) is 0 Å². The van der Waals surface area contributed by atoms with E-state index in [0.29, 0.717) is 18.4 Å². The molecule has 130 valence electrons. The molecule has 1 aliphatic heterocycles. The van der Waals surface area contributed by atoms with Crippen molar-refractivity contribution in [3.05, 3.63) is 29.3 Å². The molecule has 0 aliphatic carbocycles. The van der Waals surface area contributed by atoms with Crippen LogP contribution in [0.4, 0.5) is 5.69 Å². The lowest BCUT2D eigenvalue weighted by atomic mass is 9.96. The largest absolute Gasteiger partial charge is 0.481 e. The fourth-order valence-corrected chi connectivity index (χ4v) is 2.93. The molecular weight excluding hydrogens is 312 g/mol. The van der Waals surface area contributed by atoms with Crippen LogP contribution in [0, 0.1) is 0 Å². The van der Waals surface area contributed by atoms with Gasteiger partial charge >= 0.3 is 5.97 Å². The molecule has 1 aliphatic rings. The summed E-state index contributed by atoms with van der Waals surface area (Å²) in [6.07, 6.45) is 0.758. The third kappa shape index (κ3) is 3.91. The van der Waals surface area contributed by atoms with E-state index in [4.69, 9.17) is 9.84 Å². The van der Waals surface area contributed by atoms with Crippen LogP contribution in [0.3, 0.4) is 0 Å². The number of methoxy groups -OCH3 is 1. The molecule has 2 N–H and O–H groups in total. The predicted molar refractivity (Wildman–Crippen MR) is 88.2 cm³/mol. The molecule has 7 nitrogen and oxygen atoms in total. The number of fused-ring (bicyclic) bond motifs is 1. The van der Waals surface area contributed by atoms with Gasteiger partial charge in [0.05, 0.1) is 18.6 Å². The molecule has 0 fully saturated rings. The van der Waals surface area contributed by atoms with E-state index in [9.17, 15) is 14.4 Å². The molecule has 2 amide bonds. The van der Waals surface area contributed by atoms with Crippen molar-refractivity contribution in [3.63, 3.8) is 0 Å². The molecule has 24 heavy (non-hydrogen) atoms. The van der Waals surface area contributed by atoms with E-state index in [1.54, 1.807) is 37.1 Å². The average Bonchev–Trinajstić information content (AvgIpc) is 2.49. The van der Waals surface area contributed by atoms with Crippen molar-refractivity contribution in [2.75, 3.05) is 25.7 Å². The summed E-state index contributed by atoms with van der Waals surface area (Å²) in [7, 11) is 3.17. The van der Waals surface area contributed by atoms with Gasteiger partial charge in [0.2, 0.25) is 5.91 Å². The maximum absolute atomic E-state index is 12.5. The number of hydrogen-bond donors (Lipinski definition) is 2. The Labute approximate surface area is 140 Å². The zero-order chi connectivity index (χ0) is 17.9. The number of carboxylic acid groups (broad SMARTS) is 1. The van der Waals surface area contributed by atoms with Gasteiger partial charge in [-0.25, -0.2) is 0 Å². The Bertz CT molecular complexity index is 673. The number of anilines is 1. The molecule has 1 aromatic rings. The van der Waals surface area contributed by atoms with Gasteiger partial charge in [0, 0.05) is 31.8 Å². The van der Waals surface area contributed by atoms with Gasteiger partial charge in [0.15, 0.2) is 0 Å². The van der Waals surface area contributed by atoms with E-state index in [1.165, 1.54) is 7.11 Å². The number of rotatable bonds is 6. The maximum Gasteiger partial charge on any atom is 0.305 e. The van der Waals surface area contributed by atoms with Crippen molar-refractivity contribution >= 4 is 23.5 Å². The molecule has 1 unspecified atom stereocenters. The molecule has 0 aromatic heterocycles. The Morgan fingerprint density at radius 2 is 2.08 bits per heavy atom. The van der Waals surface area contributed by atoms with Gasteiger partial charge in [-0.15, -0.1) is 0 Å². The van der Waals surface area contributed by atoms with Gasteiger partial charge in [-0.2, -0.15) is 0 Å². The quantitative estimate of drug-likeness (QED) is 0.815. The van der Waals surface area contributed by atoms with Gasteiger partial charge in [0.1, 0.15) is 0 Å². The number of carbonyl (C=O) groups is 3.